The summed E-state index contributed by atoms with van der Waals surface area (Å²) in [5.41, 5.74) is 1.07. The van der Waals surface area contributed by atoms with Gasteiger partial charge < -0.3 is 15.1 Å². The molecule has 1 atom stereocenters. The van der Waals surface area contributed by atoms with Gasteiger partial charge in [-0.2, -0.15) is 0 Å². The number of quaternary nitrogens is 1. The number of likely N-dealkylation sites (N-methyl/N-ethyl adjacent to an activating group) is 1. The third kappa shape index (κ3) is 5.26. The number of carbonyl (C=O) groups excluding carboxylic acids is 2. The van der Waals surface area contributed by atoms with Crippen molar-refractivity contribution < 1.29 is 14.5 Å². The lowest BCUT2D eigenvalue weighted by Crippen LogP contribution is -3.11. The molecule has 2 N–H and O–H groups in total. The molecule has 1 aliphatic rings. The van der Waals surface area contributed by atoms with Gasteiger partial charge in [-0.15, -0.1) is 11.3 Å². The molecule has 27 heavy (non-hydrogen) atoms. The fraction of sp³-hybridized carbons (Fsp3) is 0.550. The quantitative estimate of drug-likeness (QED) is 0.744. The highest BCUT2D eigenvalue weighted by Gasteiger charge is 2.27. The predicted molar refractivity (Wildman–Crippen MR) is 108 cm³/mol. The molecular formula is C20H29N4O2S+. The second-order valence-electron chi connectivity index (χ2n) is 7.34. The van der Waals surface area contributed by atoms with Crippen LogP contribution in [0.2, 0.25) is 0 Å². The minimum absolute atomic E-state index is 0.0108. The van der Waals surface area contributed by atoms with Crippen LogP contribution in [-0.4, -0.2) is 61.5 Å². The van der Waals surface area contributed by atoms with Crippen LogP contribution >= 0.6 is 11.3 Å². The summed E-state index contributed by atoms with van der Waals surface area (Å²) in [6.07, 6.45) is 2.84. The third-order valence-corrected chi connectivity index (χ3v) is 6.19. The molecule has 1 aliphatic heterocycles. The smallest absolute Gasteiger partial charge is 0.277 e. The van der Waals surface area contributed by atoms with Crippen molar-refractivity contribution in [3.05, 3.63) is 29.3 Å². The summed E-state index contributed by atoms with van der Waals surface area (Å²) < 4.78 is 1.23. The molecule has 0 saturated carbocycles. The highest BCUT2D eigenvalue weighted by Crippen LogP contribution is 2.33. The normalized spacial score (nSPS) is 16.4. The summed E-state index contributed by atoms with van der Waals surface area (Å²) in [5, 5.41) is 4.05. The molecule has 1 fully saturated rings. The molecule has 3 rings (SSSR count). The van der Waals surface area contributed by atoms with Crippen molar-refractivity contribution in [3.8, 4) is 0 Å². The van der Waals surface area contributed by atoms with E-state index in [0.717, 1.165) is 42.8 Å². The molecule has 2 heterocycles. The second kappa shape index (κ2) is 9.28. The molecule has 2 aromatic rings. The highest BCUT2D eigenvalue weighted by atomic mass is 32.1. The molecular weight excluding hydrogens is 360 g/mol. The molecule has 0 spiro atoms. The van der Waals surface area contributed by atoms with E-state index in [9.17, 15) is 9.59 Å². The summed E-state index contributed by atoms with van der Waals surface area (Å²) in [5.74, 6) is 0.589. The van der Waals surface area contributed by atoms with Gasteiger partial charge in [0.1, 0.15) is 0 Å². The molecule has 0 bridgehead atoms. The summed E-state index contributed by atoms with van der Waals surface area (Å²) >= 11 is 1.77. The van der Waals surface area contributed by atoms with E-state index in [4.69, 9.17) is 4.98 Å². The van der Waals surface area contributed by atoms with Crippen molar-refractivity contribution in [1.29, 1.82) is 0 Å². The largest absolute Gasteiger partial charge is 0.351 e. The Balaban J connectivity index is 1.46. The minimum Gasteiger partial charge on any atom is -0.351 e. The molecule has 1 unspecified atom stereocenters. The second-order valence-corrected chi connectivity index (χ2v) is 8.40. The van der Waals surface area contributed by atoms with E-state index in [2.05, 4.69) is 17.4 Å². The van der Waals surface area contributed by atoms with Gasteiger partial charge in [0.25, 0.3) is 11.8 Å². The standard InChI is InChI=1S/C20H28N4O2S/c1-3-10-21-18(25)13-23(2)14-19(26)24-11-8-15(9-12-24)20-22-16-6-4-5-7-17(16)27-20/h4-7,15H,3,8-14H2,1-2H3,(H,21,25)/p+1. The number of nitrogens with zero attached hydrogens (tertiary/aromatic N) is 2. The molecule has 0 aliphatic carbocycles. The van der Waals surface area contributed by atoms with Gasteiger partial charge in [-0.1, -0.05) is 19.1 Å². The highest BCUT2D eigenvalue weighted by molar-refractivity contribution is 7.18. The Morgan fingerprint density at radius 1 is 1.26 bits per heavy atom. The first-order valence-electron chi connectivity index (χ1n) is 9.78. The SMILES string of the molecule is CCCNC(=O)C[NH+](C)CC(=O)N1CCC(c2nc3ccccc3s2)CC1. The van der Waals surface area contributed by atoms with Gasteiger partial charge in [0, 0.05) is 25.6 Å². The molecule has 0 radical (unpaired) electrons. The fourth-order valence-corrected chi connectivity index (χ4v) is 4.61. The summed E-state index contributed by atoms with van der Waals surface area (Å²) in [7, 11) is 1.90. The number of rotatable bonds is 7. The van der Waals surface area contributed by atoms with Gasteiger partial charge in [0.2, 0.25) is 0 Å². The Morgan fingerprint density at radius 2 is 2.00 bits per heavy atom. The molecule has 7 heteroatoms. The maximum Gasteiger partial charge on any atom is 0.277 e. The van der Waals surface area contributed by atoms with Crippen LogP contribution in [0.5, 0.6) is 0 Å². The predicted octanol–water partition coefficient (Wildman–Crippen LogP) is 1.04. The Hall–Kier alpha value is -1.99. The van der Waals surface area contributed by atoms with Crippen molar-refractivity contribution in [1.82, 2.24) is 15.2 Å². The molecule has 1 saturated heterocycles. The lowest BCUT2D eigenvalue weighted by atomic mass is 9.97. The Kier molecular flexibility index (Phi) is 6.79. The van der Waals surface area contributed by atoms with Crippen LogP contribution in [0.4, 0.5) is 0 Å². The topological polar surface area (TPSA) is 66.7 Å². The number of piperidine rings is 1. The van der Waals surface area contributed by atoms with Crippen molar-refractivity contribution in [2.75, 3.05) is 39.8 Å². The van der Waals surface area contributed by atoms with E-state index in [1.807, 2.05) is 31.0 Å². The maximum atomic E-state index is 12.5. The number of hydrogen-bond acceptors (Lipinski definition) is 4. The maximum absolute atomic E-state index is 12.5. The van der Waals surface area contributed by atoms with Crippen LogP contribution in [0, 0.1) is 0 Å². The number of para-hydroxylation sites is 1. The number of benzene rings is 1. The van der Waals surface area contributed by atoms with Crippen LogP contribution in [0.25, 0.3) is 10.2 Å². The average molecular weight is 390 g/mol. The zero-order valence-corrected chi connectivity index (χ0v) is 17.0. The van der Waals surface area contributed by atoms with Crippen molar-refractivity contribution >= 4 is 33.4 Å². The van der Waals surface area contributed by atoms with Crippen molar-refractivity contribution in [3.63, 3.8) is 0 Å². The minimum atomic E-state index is 0.0108. The first-order chi connectivity index (χ1) is 13.1. The van der Waals surface area contributed by atoms with Gasteiger partial charge in [-0.05, 0) is 31.4 Å². The van der Waals surface area contributed by atoms with Gasteiger partial charge in [0.15, 0.2) is 13.1 Å². The average Bonchev–Trinajstić information content (AvgIpc) is 3.10. The van der Waals surface area contributed by atoms with Crippen molar-refractivity contribution in [2.45, 2.75) is 32.1 Å². The monoisotopic (exact) mass is 389 g/mol. The van der Waals surface area contributed by atoms with Gasteiger partial charge in [0.05, 0.1) is 22.3 Å². The van der Waals surface area contributed by atoms with E-state index in [-0.39, 0.29) is 11.8 Å². The molecule has 1 aromatic carbocycles. The van der Waals surface area contributed by atoms with Crippen LogP contribution in [0.1, 0.15) is 37.1 Å². The zero-order chi connectivity index (χ0) is 19.2. The number of aromatic nitrogens is 1. The van der Waals surface area contributed by atoms with Crippen LogP contribution < -0.4 is 10.2 Å². The number of fused-ring (bicyclic) bond motifs is 1. The lowest BCUT2D eigenvalue weighted by molar-refractivity contribution is -0.863. The van der Waals surface area contributed by atoms with E-state index in [1.165, 1.54) is 9.71 Å². The number of nitrogens with one attached hydrogen (secondary N) is 2. The molecule has 2 amide bonds. The number of hydrogen-bond donors (Lipinski definition) is 2. The number of carbonyl (C=O) groups is 2. The summed E-state index contributed by atoms with van der Waals surface area (Å²) in [4.78, 5) is 32.0. The van der Waals surface area contributed by atoms with Crippen LogP contribution in [0.3, 0.4) is 0 Å². The third-order valence-electron chi connectivity index (χ3n) is 4.99. The first-order valence-corrected chi connectivity index (χ1v) is 10.6. The van der Waals surface area contributed by atoms with Gasteiger partial charge in [-0.25, -0.2) is 4.98 Å². The Bertz CT molecular complexity index is 750. The summed E-state index contributed by atoms with van der Waals surface area (Å²) in [6.45, 7) is 4.97. The van der Waals surface area contributed by atoms with Crippen molar-refractivity contribution in [2.24, 2.45) is 0 Å². The zero-order valence-electron chi connectivity index (χ0n) is 16.2. The molecule has 6 nitrogen and oxygen atoms in total. The van der Waals surface area contributed by atoms with E-state index in [0.29, 0.717) is 25.6 Å². The number of thiazole rings is 1. The lowest BCUT2D eigenvalue weighted by Gasteiger charge is -2.31. The van der Waals surface area contributed by atoms with E-state index >= 15 is 0 Å². The van der Waals surface area contributed by atoms with E-state index < -0.39 is 0 Å². The first kappa shape index (κ1) is 19.8. The molecule has 146 valence electrons. The van der Waals surface area contributed by atoms with E-state index in [1.54, 1.807) is 11.3 Å². The number of amides is 2. The molecule has 1 aromatic heterocycles. The Morgan fingerprint density at radius 3 is 2.70 bits per heavy atom. The van der Waals surface area contributed by atoms with Gasteiger partial charge >= 0.3 is 0 Å². The Labute approximate surface area is 164 Å². The van der Waals surface area contributed by atoms with Crippen LogP contribution in [-0.2, 0) is 9.59 Å². The van der Waals surface area contributed by atoms with Crippen LogP contribution in [0.15, 0.2) is 24.3 Å². The summed E-state index contributed by atoms with van der Waals surface area (Å²) in [6, 6.07) is 8.25. The van der Waals surface area contributed by atoms with Gasteiger partial charge in [-0.3, -0.25) is 9.59 Å². The fourth-order valence-electron chi connectivity index (χ4n) is 3.47. The number of likely N-dealkylation sites (tertiary alicyclic amines) is 1.